The van der Waals surface area contributed by atoms with Gasteiger partial charge >= 0.3 is 0 Å². The highest BCUT2D eigenvalue weighted by Crippen LogP contribution is 2.37. The Balaban J connectivity index is 1.71. The van der Waals surface area contributed by atoms with Crippen LogP contribution in [0.3, 0.4) is 0 Å². The van der Waals surface area contributed by atoms with Gasteiger partial charge in [0, 0.05) is 20.7 Å². The molecular formula is C18H12F2N2OS3. The van der Waals surface area contributed by atoms with Crippen LogP contribution in [0.1, 0.15) is 18.0 Å². The van der Waals surface area contributed by atoms with Crippen molar-refractivity contribution in [2.75, 3.05) is 0 Å². The Kier molecular flexibility index (Phi) is 4.64. The number of fused-ring (bicyclic) bond motifs is 1. The first-order valence-electron chi connectivity index (χ1n) is 7.70. The molecule has 3 heterocycles. The van der Waals surface area contributed by atoms with E-state index in [9.17, 15) is 13.6 Å². The fourth-order valence-corrected chi connectivity index (χ4v) is 5.32. The highest BCUT2D eigenvalue weighted by atomic mass is 32.2. The second-order valence-corrected chi connectivity index (χ2v) is 8.78. The Labute approximate surface area is 159 Å². The molecule has 8 heteroatoms. The number of aromatic nitrogens is 2. The molecule has 3 nitrogen and oxygen atoms in total. The summed E-state index contributed by atoms with van der Waals surface area (Å²) in [4.78, 5) is 21.8. The maximum absolute atomic E-state index is 13.9. The van der Waals surface area contributed by atoms with Crippen molar-refractivity contribution in [2.45, 2.75) is 17.1 Å². The lowest BCUT2D eigenvalue weighted by Crippen LogP contribution is -2.12. The highest BCUT2D eigenvalue weighted by Gasteiger charge is 2.18. The summed E-state index contributed by atoms with van der Waals surface area (Å²) in [6, 6.07) is 7.22. The topological polar surface area (TPSA) is 45.8 Å². The van der Waals surface area contributed by atoms with Crippen molar-refractivity contribution in [3.05, 3.63) is 68.9 Å². The lowest BCUT2D eigenvalue weighted by Gasteiger charge is -2.11. The number of nitrogens with zero attached hydrogens (tertiary/aromatic N) is 1. The Morgan fingerprint density at radius 2 is 2.08 bits per heavy atom. The van der Waals surface area contributed by atoms with Crippen LogP contribution in [0.15, 0.2) is 50.8 Å². The highest BCUT2D eigenvalue weighted by molar-refractivity contribution is 7.99. The second kappa shape index (κ2) is 6.94. The van der Waals surface area contributed by atoms with Crippen molar-refractivity contribution in [3.63, 3.8) is 0 Å². The van der Waals surface area contributed by atoms with E-state index in [1.165, 1.54) is 11.3 Å². The fraction of sp³-hybridized carbons (Fsp3) is 0.111. The van der Waals surface area contributed by atoms with Crippen LogP contribution in [0.2, 0.25) is 0 Å². The van der Waals surface area contributed by atoms with Crippen LogP contribution in [0.25, 0.3) is 20.7 Å². The summed E-state index contributed by atoms with van der Waals surface area (Å²) in [5.41, 5.74) is 0.651. The molecule has 0 amide bonds. The number of rotatable bonds is 4. The molecule has 0 saturated carbocycles. The van der Waals surface area contributed by atoms with Gasteiger partial charge in [0.2, 0.25) is 0 Å². The predicted octanol–water partition coefficient (Wildman–Crippen LogP) is 5.84. The van der Waals surface area contributed by atoms with Crippen LogP contribution >= 0.6 is 34.4 Å². The molecule has 4 rings (SSSR count). The quantitative estimate of drug-likeness (QED) is 0.433. The van der Waals surface area contributed by atoms with Gasteiger partial charge in [-0.05, 0) is 36.6 Å². The molecule has 0 aliphatic heterocycles. The largest absolute Gasteiger partial charge is 0.309 e. The van der Waals surface area contributed by atoms with Crippen molar-refractivity contribution in [1.82, 2.24) is 9.97 Å². The number of aromatic amines is 1. The molecule has 0 radical (unpaired) electrons. The van der Waals surface area contributed by atoms with Crippen molar-refractivity contribution in [3.8, 4) is 10.4 Å². The van der Waals surface area contributed by atoms with E-state index in [0.29, 0.717) is 16.0 Å². The van der Waals surface area contributed by atoms with E-state index >= 15 is 0 Å². The monoisotopic (exact) mass is 406 g/mol. The number of thiophene rings is 2. The first kappa shape index (κ1) is 17.4. The minimum absolute atomic E-state index is 0.186. The number of hydrogen-bond donors (Lipinski definition) is 1. The first-order valence-corrected chi connectivity index (χ1v) is 10.3. The van der Waals surface area contributed by atoms with Crippen molar-refractivity contribution >= 4 is 44.7 Å². The van der Waals surface area contributed by atoms with Crippen molar-refractivity contribution in [1.29, 1.82) is 0 Å². The zero-order valence-electron chi connectivity index (χ0n) is 13.5. The Morgan fingerprint density at radius 1 is 1.23 bits per heavy atom. The second-order valence-electron chi connectivity index (χ2n) is 5.59. The standard InChI is InChI=1S/C18H12F2N2OS3/c1-9(26-14-7-10(19)4-5-12(14)20)16-21-17(23)15-11(8-25-18(15)22-16)13-3-2-6-24-13/h2-9H,1H3,(H,21,22,23)/t9-/m1/s1. The summed E-state index contributed by atoms with van der Waals surface area (Å²) >= 11 is 4.08. The molecule has 0 unspecified atom stereocenters. The number of hydrogen-bond acceptors (Lipinski definition) is 5. The molecule has 1 N–H and O–H groups in total. The molecule has 0 fully saturated rings. The molecule has 4 aromatic rings. The van der Waals surface area contributed by atoms with Crippen LogP contribution in [-0.4, -0.2) is 9.97 Å². The van der Waals surface area contributed by atoms with E-state index in [0.717, 1.165) is 40.4 Å². The summed E-state index contributed by atoms with van der Waals surface area (Å²) in [5, 5.41) is 4.11. The molecule has 1 aromatic carbocycles. The summed E-state index contributed by atoms with van der Waals surface area (Å²) in [6.07, 6.45) is 0. The molecule has 132 valence electrons. The summed E-state index contributed by atoms with van der Waals surface area (Å²) in [6.45, 7) is 1.80. The average molecular weight is 407 g/mol. The Hall–Kier alpha value is -2.03. The molecule has 1 atom stereocenters. The van der Waals surface area contributed by atoms with E-state index < -0.39 is 11.6 Å². The SMILES string of the molecule is C[C@@H](Sc1cc(F)ccc1F)c1nc2scc(-c3cccs3)c2c(=O)[nH]1. The molecular weight excluding hydrogens is 394 g/mol. The third-order valence-corrected chi connectivity index (χ3v) is 6.75. The lowest BCUT2D eigenvalue weighted by atomic mass is 10.2. The van der Waals surface area contributed by atoms with Crippen LogP contribution in [-0.2, 0) is 0 Å². The van der Waals surface area contributed by atoms with Gasteiger partial charge < -0.3 is 4.98 Å². The molecule has 3 aromatic heterocycles. The number of halogens is 2. The fourth-order valence-electron chi connectivity index (χ4n) is 2.59. The van der Waals surface area contributed by atoms with E-state index in [2.05, 4.69) is 9.97 Å². The molecule has 0 saturated heterocycles. The minimum Gasteiger partial charge on any atom is -0.309 e. The maximum Gasteiger partial charge on any atom is 0.260 e. The van der Waals surface area contributed by atoms with Crippen molar-refractivity contribution in [2.24, 2.45) is 0 Å². The van der Waals surface area contributed by atoms with Gasteiger partial charge in [0.25, 0.3) is 5.56 Å². The first-order chi connectivity index (χ1) is 12.5. The molecule has 26 heavy (non-hydrogen) atoms. The van der Waals surface area contributed by atoms with Gasteiger partial charge in [-0.3, -0.25) is 4.79 Å². The van der Waals surface area contributed by atoms with Gasteiger partial charge in [0.05, 0.1) is 10.6 Å². The van der Waals surface area contributed by atoms with E-state index in [4.69, 9.17) is 0 Å². The molecule has 0 spiro atoms. The van der Waals surface area contributed by atoms with Gasteiger partial charge in [-0.2, -0.15) is 0 Å². The number of H-pyrrole nitrogens is 1. The van der Waals surface area contributed by atoms with Crippen molar-refractivity contribution < 1.29 is 8.78 Å². The molecule has 0 aliphatic carbocycles. The predicted molar refractivity (Wildman–Crippen MR) is 104 cm³/mol. The van der Waals surface area contributed by atoms with Gasteiger partial charge in [0.15, 0.2) is 0 Å². The third-order valence-electron chi connectivity index (χ3n) is 3.83. The average Bonchev–Trinajstić information content (AvgIpc) is 3.27. The molecule has 0 bridgehead atoms. The number of benzene rings is 1. The molecule has 0 aliphatic rings. The van der Waals surface area contributed by atoms with Crippen LogP contribution in [0.4, 0.5) is 8.78 Å². The zero-order valence-corrected chi connectivity index (χ0v) is 15.9. The Bertz CT molecular complexity index is 1140. The zero-order chi connectivity index (χ0) is 18.3. The van der Waals surface area contributed by atoms with E-state index in [1.807, 2.05) is 22.9 Å². The minimum atomic E-state index is -0.503. The smallest absolute Gasteiger partial charge is 0.260 e. The summed E-state index contributed by atoms with van der Waals surface area (Å²) in [7, 11) is 0. The summed E-state index contributed by atoms with van der Waals surface area (Å²) < 4.78 is 27.2. The van der Waals surface area contributed by atoms with E-state index in [1.54, 1.807) is 18.3 Å². The van der Waals surface area contributed by atoms with Crippen LogP contribution in [0.5, 0.6) is 0 Å². The normalized spacial score (nSPS) is 12.6. The van der Waals surface area contributed by atoms with Gasteiger partial charge in [0.1, 0.15) is 22.3 Å². The number of thioether (sulfide) groups is 1. The van der Waals surface area contributed by atoms with Gasteiger partial charge in [-0.15, -0.1) is 34.4 Å². The maximum atomic E-state index is 13.9. The Morgan fingerprint density at radius 3 is 2.85 bits per heavy atom. The van der Waals surface area contributed by atoms with Crippen LogP contribution in [0, 0.1) is 11.6 Å². The van der Waals surface area contributed by atoms with Gasteiger partial charge in [-0.25, -0.2) is 13.8 Å². The van der Waals surface area contributed by atoms with Crippen LogP contribution < -0.4 is 5.56 Å². The number of nitrogens with one attached hydrogen (secondary N) is 1. The van der Waals surface area contributed by atoms with E-state index in [-0.39, 0.29) is 15.7 Å². The third kappa shape index (κ3) is 3.20. The summed E-state index contributed by atoms with van der Waals surface area (Å²) in [5.74, 6) is -0.560. The van der Waals surface area contributed by atoms with Gasteiger partial charge in [-0.1, -0.05) is 6.07 Å². The lowest BCUT2D eigenvalue weighted by molar-refractivity contribution is 0.576.